The van der Waals surface area contributed by atoms with Gasteiger partial charge in [-0.2, -0.15) is 4.39 Å². The number of phenolic OH excluding ortho intramolecular Hbond substituents is 1. The van der Waals surface area contributed by atoms with Crippen molar-refractivity contribution in [3.05, 3.63) is 29.1 Å². The van der Waals surface area contributed by atoms with Crippen LogP contribution >= 0.6 is 0 Å². The molecule has 0 aromatic heterocycles. The third kappa shape index (κ3) is 2.58. The van der Waals surface area contributed by atoms with Gasteiger partial charge in [0.15, 0.2) is 17.4 Å². The van der Waals surface area contributed by atoms with Crippen molar-refractivity contribution in [1.29, 1.82) is 0 Å². The Balaban J connectivity index is 2.22. The summed E-state index contributed by atoms with van der Waals surface area (Å²) in [5.41, 5.74) is 4.84. The van der Waals surface area contributed by atoms with Gasteiger partial charge in [-0.25, -0.2) is 8.78 Å². The Kier molecular flexibility index (Phi) is 4.17. The fourth-order valence-electron chi connectivity index (χ4n) is 2.51. The first-order valence-electron chi connectivity index (χ1n) is 6.33. The summed E-state index contributed by atoms with van der Waals surface area (Å²) in [6.07, 6.45) is 2.44. The number of nitrogens with two attached hydrogens (primary N) is 1. The summed E-state index contributed by atoms with van der Waals surface area (Å²) >= 11 is 0. The summed E-state index contributed by atoms with van der Waals surface area (Å²) in [7, 11) is 0. The van der Waals surface area contributed by atoms with Crippen LogP contribution in [0.25, 0.3) is 0 Å². The Bertz CT molecular complexity index is 537. The zero-order chi connectivity index (χ0) is 14.9. The molecular formula is C13H15F3N2O2. The SMILES string of the molecule is NCC1CCCC1NC(=O)c1cc(F)c(F)c(O)c1F. The number of halogens is 3. The number of carbonyl (C=O) groups excluding carboxylic acids is 1. The smallest absolute Gasteiger partial charge is 0.254 e. The lowest BCUT2D eigenvalue weighted by molar-refractivity contribution is 0.0923. The van der Waals surface area contributed by atoms with Crippen LogP contribution in [0.2, 0.25) is 0 Å². The van der Waals surface area contributed by atoms with Gasteiger partial charge in [-0.05, 0) is 31.4 Å². The van der Waals surface area contributed by atoms with Crippen molar-refractivity contribution in [2.45, 2.75) is 25.3 Å². The molecule has 1 saturated carbocycles. The van der Waals surface area contributed by atoms with Gasteiger partial charge in [-0.15, -0.1) is 0 Å². The minimum absolute atomic E-state index is 0.0842. The number of rotatable bonds is 3. The van der Waals surface area contributed by atoms with E-state index in [0.29, 0.717) is 19.0 Å². The van der Waals surface area contributed by atoms with E-state index in [0.717, 1.165) is 12.8 Å². The molecule has 110 valence electrons. The number of hydrogen-bond acceptors (Lipinski definition) is 3. The minimum atomic E-state index is -1.71. The van der Waals surface area contributed by atoms with E-state index in [1.165, 1.54) is 0 Å². The number of phenols is 1. The molecule has 4 N–H and O–H groups in total. The van der Waals surface area contributed by atoms with Gasteiger partial charge >= 0.3 is 0 Å². The van der Waals surface area contributed by atoms with E-state index in [4.69, 9.17) is 10.8 Å². The molecule has 20 heavy (non-hydrogen) atoms. The van der Waals surface area contributed by atoms with Gasteiger partial charge < -0.3 is 16.2 Å². The summed E-state index contributed by atoms with van der Waals surface area (Å²) in [5.74, 6) is -6.95. The van der Waals surface area contributed by atoms with Crippen LogP contribution in [-0.4, -0.2) is 23.6 Å². The van der Waals surface area contributed by atoms with E-state index < -0.39 is 34.7 Å². The van der Waals surface area contributed by atoms with Crippen molar-refractivity contribution in [1.82, 2.24) is 5.32 Å². The molecule has 2 unspecified atom stereocenters. The van der Waals surface area contributed by atoms with Gasteiger partial charge in [0.05, 0.1) is 5.56 Å². The molecular weight excluding hydrogens is 273 g/mol. The van der Waals surface area contributed by atoms with Crippen molar-refractivity contribution in [2.24, 2.45) is 11.7 Å². The number of carbonyl (C=O) groups is 1. The van der Waals surface area contributed by atoms with Gasteiger partial charge in [0, 0.05) is 6.04 Å². The summed E-state index contributed by atoms with van der Waals surface area (Å²) in [6, 6.07) is 0.216. The zero-order valence-electron chi connectivity index (χ0n) is 10.6. The van der Waals surface area contributed by atoms with E-state index in [1.54, 1.807) is 0 Å². The molecule has 7 heteroatoms. The Morgan fingerprint density at radius 3 is 2.70 bits per heavy atom. The van der Waals surface area contributed by atoms with E-state index in [2.05, 4.69) is 5.32 Å². The molecule has 0 heterocycles. The van der Waals surface area contributed by atoms with E-state index in [-0.39, 0.29) is 12.0 Å². The largest absolute Gasteiger partial charge is 0.503 e. The summed E-state index contributed by atoms with van der Waals surface area (Å²) in [4.78, 5) is 11.9. The number of amides is 1. The minimum Gasteiger partial charge on any atom is -0.503 e. The topological polar surface area (TPSA) is 75.3 Å². The van der Waals surface area contributed by atoms with E-state index >= 15 is 0 Å². The Morgan fingerprint density at radius 1 is 1.35 bits per heavy atom. The second kappa shape index (κ2) is 5.70. The Morgan fingerprint density at radius 2 is 2.05 bits per heavy atom. The lowest BCUT2D eigenvalue weighted by Gasteiger charge is -2.19. The molecule has 4 nitrogen and oxygen atoms in total. The molecule has 0 bridgehead atoms. The van der Waals surface area contributed by atoms with Crippen molar-refractivity contribution in [3.63, 3.8) is 0 Å². The van der Waals surface area contributed by atoms with Crippen LogP contribution in [0.5, 0.6) is 5.75 Å². The zero-order valence-corrected chi connectivity index (χ0v) is 10.6. The predicted octanol–water partition coefficient (Wildman–Crippen LogP) is 1.67. The highest BCUT2D eigenvalue weighted by Gasteiger charge is 2.29. The summed E-state index contributed by atoms with van der Waals surface area (Å²) in [6.45, 7) is 0.385. The first-order valence-corrected chi connectivity index (χ1v) is 6.33. The maximum atomic E-state index is 13.6. The molecule has 0 aliphatic heterocycles. The molecule has 1 fully saturated rings. The first-order chi connectivity index (χ1) is 9.45. The second-order valence-corrected chi connectivity index (χ2v) is 4.89. The quantitative estimate of drug-likeness (QED) is 0.741. The molecule has 0 spiro atoms. The maximum Gasteiger partial charge on any atom is 0.254 e. The monoisotopic (exact) mass is 288 g/mol. The average Bonchev–Trinajstić information content (AvgIpc) is 2.87. The third-order valence-corrected chi connectivity index (χ3v) is 3.66. The summed E-state index contributed by atoms with van der Waals surface area (Å²) < 4.78 is 39.7. The number of aromatic hydroxyl groups is 1. The van der Waals surface area contributed by atoms with Gasteiger partial charge in [0.25, 0.3) is 5.91 Å². The van der Waals surface area contributed by atoms with Crippen molar-refractivity contribution < 1.29 is 23.1 Å². The fourth-order valence-corrected chi connectivity index (χ4v) is 2.51. The second-order valence-electron chi connectivity index (χ2n) is 4.89. The van der Waals surface area contributed by atoms with Crippen LogP contribution in [0.3, 0.4) is 0 Å². The Hall–Kier alpha value is -1.76. The lowest BCUT2D eigenvalue weighted by atomic mass is 10.0. The molecule has 1 amide bonds. The lowest BCUT2D eigenvalue weighted by Crippen LogP contribution is -2.40. The van der Waals surface area contributed by atoms with Crippen LogP contribution in [0.15, 0.2) is 6.07 Å². The average molecular weight is 288 g/mol. The molecule has 1 aromatic carbocycles. The highest BCUT2D eigenvalue weighted by Crippen LogP contribution is 2.28. The predicted molar refractivity (Wildman–Crippen MR) is 65.6 cm³/mol. The number of benzene rings is 1. The Labute approximate surface area is 113 Å². The molecule has 2 rings (SSSR count). The first kappa shape index (κ1) is 14.6. The van der Waals surface area contributed by atoms with Crippen LogP contribution in [0.4, 0.5) is 13.2 Å². The fraction of sp³-hybridized carbons (Fsp3) is 0.462. The highest BCUT2D eigenvalue weighted by molar-refractivity contribution is 5.95. The molecule has 0 radical (unpaired) electrons. The van der Waals surface area contributed by atoms with Crippen molar-refractivity contribution in [2.75, 3.05) is 6.54 Å². The summed E-state index contributed by atoms with van der Waals surface area (Å²) in [5, 5.41) is 11.6. The molecule has 1 aliphatic rings. The molecule has 0 saturated heterocycles. The van der Waals surface area contributed by atoms with Gasteiger partial charge in [-0.1, -0.05) is 6.42 Å². The van der Waals surface area contributed by atoms with Gasteiger partial charge in [0.1, 0.15) is 0 Å². The van der Waals surface area contributed by atoms with Crippen LogP contribution in [0.1, 0.15) is 29.6 Å². The molecule has 2 atom stereocenters. The van der Waals surface area contributed by atoms with E-state index in [1.807, 2.05) is 0 Å². The van der Waals surface area contributed by atoms with Crippen LogP contribution < -0.4 is 11.1 Å². The third-order valence-electron chi connectivity index (χ3n) is 3.66. The standard InChI is InChI=1S/C13H15F3N2O2/c14-8-4-7(10(15)12(19)11(8)16)13(20)18-9-3-1-2-6(9)5-17/h4,6,9,19H,1-3,5,17H2,(H,18,20). The van der Waals surface area contributed by atoms with E-state index in [9.17, 15) is 18.0 Å². The van der Waals surface area contributed by atoms with Crippen molar-refractivity contribution >= 4 is 5.91 Å². The van der Waals surface area contributed by atoms with Crippen molar-refractivity contribution in [3.8, 4) is 5.75 Å². The molecule has 1 aromatic rings. The van der Waals surface area contributed by atoms with Gasteiger partial charge in [0.2, 0.25) is 5.82 Å². The molecule has 1 aliphatic carbocycles. The van der Waals surface area contributed by atoms with Gasteiger partial charge in [-0.3, -0.25) is 4.79 Å². The van der Waals surface area contributed by atoms with Crippen LogP contribution in [0, 0.1) is 23.4 Å². The maximum absolute atomic E-state index is 13.6. The number of nitrogens with one attached hydrogen (secondary N) is 1. The normalized spacial score (nSPS) is 22.0. The van der Waals surface area contributed by atoms with Crippen LogP contribution in [-0.2, 0) is 0 Å². The number of hydrogen-bond donors (Lipinski definition) is 3. The highest BCUT2D eigenvalue weighted by atomic mass is 19.2.